The molecule has 362 valence electrons. The van der Waals surface area contributed by atoms with Crippen molar-refractivity contribution in [2.24, 2.45) is 23.7 Å². The van der Waals surface area contributed by atoms with Gasteiger partial charge in [0, 0.05) is 73.3 Å². The molecular formula is C46H63Cl2N7O10S. The van der Waals surface area contributed by atoms with Gasteiger partial charge in [-0.3, -0.25) is 19.4 Å². The number of ketones is 1. The first-order chi connectivity index (χ1) is 31.1. The third-order valence-electron chi connectivity index (χ3n) is 13.6. The van der Waals surface area contributed by atoms with E-state index in [2.05, 4.69) is 20.3 Å². The average Bonchev–Trinajstić information content (AvgIpc) is 3.80. The summed E-state index contributed by atoms with van der Waals surface area (Å²) >= 11 is 13.9. The number of nitrogen functional groups attached to an aromatic ring is 1. The Morgan fingerprint density at radius 3 is 2.42 bits per heavy atom. The van der Waals surface area contributed by atoms with Gasteiger partial charge in [0.25, 0.3) is 5.91 Å². The fourth-order valence-corrected chi connectivity index (χ4v) is 12.0. The topological polar surface area (TPSA) is 220 Å². The number of Topliss-reactive ketones (excluding diaryl/α,β-unsaturated/α-hetero) is 1. The number of hydrogen-bond acceptors (Lipinski definition) is 16. The molecule has 3 aliphatic rings. The Kier molecular flexibility index (Phi) is 16.2. The lowest BCUT2D eigenvalue weighted by atomic mass is 9.70. The number of fused-ring (bicyclic) bond motifs is 2. The molecule has 17 nitrogen and oxygen atoms in total. The standard InChI is InChI=1S/C46H63Cl2N7O10S/c1-12-31-46(8)32(38(43(60)65-46)66-14-13-55-21-52-34-35(55)27(18-51-40(34)49)41(58)53-33-28(47)19-50-20-29(33)48)26(6)36(56)24(4)17-45(7,61-11)39(22(2)15-23(3)42(59)63-31)64-44-37(57)30(54(9)10)16-25(5)62-44/h15,18-22,24-26,30-32,37-39,44,57H,12-14,16-17H2,1-11H3,(H2,49,51)(H,50,53,58)/b23-15-/t22-,24+,25?,26?,30?,31+,32?,37+,38?,39+,44-,45?,46+/m0/s1. The maximum Gasteiger partial charge on any atom is 0.333 e. The molecule has 0 saturated carbocycles. The van der Waals surface area contributed by atoms with Gasteiger partial charge in [0.15, 0.2) is 17.7 Å². The minimum absolute atomic E-state index is 0.110. The summed E-state index contributed by atoms with van der Waals surface area (Å²) in [5, 5.41) is 13.7. The number of rotatable bonds is 11. The van der Waals surface area contributed by atoms with Crippen molar-refractivity contribution in [1.29, 1.82) is 0 Å². The fourth-order valence-electron chi connectivity index (χ4n) is 10.1. The molecule has 2 saturated heterocycles. The summed E-state index contributed by atoms with van der Waals surface area (Å²) in [5.41, 5.74) is 5.00. The largest absolute Gasteiger partial charge is 0.455 e. The van der Waals surface area contributed by atoms with E-state index in [0.717, 1.165) is 0 Å². The van der Waals surface area contributed by atoms with Gasteiger partial charge in [-0.15, -0.1) is 11.8 Å². The van der Waals surface area contributed by atoms with Crippen LogP contribution < -0.4 is 11.1 Å². The number of hydrogen-bond donors (Lipinski definition) is 3. The number of carbonyl (C=O) groups excluding carboxylic acids is 4. The van der Waals surface area contributed by atoms with Crippen molar-refractivity contribution >= 4 is 81.1 Å². The molecule has 66 heavy (non-hydrogen) atoms. The van der Waals surface area contributed by atoms with E-state index in [0.29, 0.717) is 28.8 Å². The first-order valence-electron chi connectivity index (χ1n) is 22.2. The summed E-state index contributed by atoms with van der Waals surface area (Å²) in [4.78, 5) is 71.4. The number of aliphatic hydroxyl groups excluding tert-OH is 1. The van der Waals surface area contributed by atoms with Gasteiger partial charge in [-0.25, -0.2) is 14.8 Å². The number of esters is 2. The Labute approximate surface area is 400 Å². The molecule has 0 spiro atoms. The molecule has 3 aliphatic heterocycles. The zero-order valence-corrected chi connectivity index (χ0v) is 41.7. The number of carbonyl (C=O) groups is 4. The highest BCUT2D eigenvalue weighted by Gasteiger charge is 2.61. The molecule has 0 aromatic carbocycles. The number of imidazole rings is 1. The summed E-state index contributed by atoms with van der Waals surface area (Å²) in [7, 11) is 5.34. The molecule has 2 fully saturated rings. The summed E-state index contributed by atoms with van der Waals surface area (Å²) in [6, 6.07) is -0.241. The predicted octanol–water partition coefficient (Wildman–Crippen LogP) is 6.37. The summed E-state index contributed by atoms with van der Waals surface area (Å²) in [6.45, 7) is 14.8. The third kappa shape index (κ3) is 10.3. The third-order valence-corrected chi connectivity index (χ3v) is 15.4. The molecule has 0 aliphatic carbocycles. The lowest BCUT2D eigenvalue weighted by Crippen LogP contribution is -2.58. The smallest absolute Gasteiger partial charge is 0.333 e. The summed E-state index contributed by atoms with van der Waals surface area (Å²) in [5.74, 6) is -4.08. The van der Waals surface area contributed by atoms with Crippen molar-refractivity contribution in [2.45, 2.75) is 134 Å². The Bertz CT molecular complexity index is 2310. The molecule has 6 unspecified atom stereocenters. The maximum absolute atomic E-state index is 14.9. The molecule has 0 bridgehead atoms. The van der Waals surface area contributed by atoms with Crippen LogP contribution in [0.1, 0.15) is 85.0 Å². The number of aliphatic hydroxyl groups is 1. The van der Waals surface area contributed by atoms with E-state index in [1.54, 1.807) is 38.5 Å². The highest BCUT2D eigenvalue weighted by atomic mass is 35.5. The van der Waals surface area contributed by atoms with Gasteiger partial charge in [0.1, 0.15) is 28.8 Å². The van der Waals surface area contributed by atoms with Gasteiger partial charge in [-0.05, 0) is 61.1 Å². The number of nitrogens with one attached hydrogen (secondary N) is 1. The van der Waals surface area contributed by atoms with E-state index in [9.17, 15) is 24.3 Å². The quantitative estimate of drug-likeness (QED) is 0.178. The zero-order chi connectivity index (χ0) is 48.6. The minimum Gasteiger partial charge on any atom is -0.455 e. The van der Waals surface area contributed by atoms with Crippen LogP contribution in [0.5, 0.6) is 0 Å². The number of nitrogens with zero attached hydrogens (tertiary/aromatic N) is 5. The van der Waals surface area contributed by atoms with Crippen molar-refractivity contribution in [3.05, 3.63) is 52.2 Å². The Hall–Kier alpha value is -3.88. The maximum atomic E-state index is 14.9. The normalized spacial score (nSPS) is 34.3. The van der Waals surface area contributed by atoms with E-state index < -0.39 is 82.6 Å². The van der Waals surface area contributed by atoms with Crippen LogP contribution in [-0.2, 0) is 44.6 Å². The van der Waals surface area contributed by atoms with Gasteiger partial charge < -0.3 is 49.3 Å². The Morgan fingerprint density at radius 2 is 1.79 bits per heavy atom. The highest BCUT2D eigenvalue weighted by Crippen LogP contribution is 2.49. The number of nitrogens with two attached hydrogens (primary N) is 1. The number of ether oxygens (including phenoxy) is 5. The molecule has 3 aromatic heterocycles. The SMILES string of the molecule is CC[C@H]1OC(=O)/C(C)=C\[C@H](C)[C@@H](O[C@@H]2OC(C)CC(N(C)C)[C@H]2O)C(C)(OC)C[C@@H](C)C(=O)C(C)C2C(SCCn3cnc4c(N)ncc(C(=O)Nc5c(Cl)cncc5Cl)c43)C(=O)O[C@@]21C. The number of likely N-dealkylation sites (N-methyl/N-ethyl adjacent to an activating group) is 1. The lowest BCUT2D eigenvalue weighted by Gasteiger charge is -2.46. The molecule has 6 heterocycles. The van der Waals surface area contributed by atoms with Gasteiger partial charge in [-0.1, -0.05) is 57.0 Å². The van der Waals surface area contributed by atoms with Crippen LogP contribution in [0, 0.1) is 23.7 Å². The van der Waals surface area contributed by atoms with E-state index >= 15 is 0 Å². The van der Waals surface area contributed by atoms with E-state index in [4.69, 9.17) is 52.6 Å². The molecule has 13 atom stereocenters. The van der Waals surface area contributed by atoms with Gasteiger partial charge in [0.2, 0.25) is 0 Å². The van der Waals surface area contributed by atoms with Crippen molar-refractivity contribution in [3.63, 3.8) is 0 Å². The zero-order valence-electron chi connectivity index (χ0n) is 39.4. The van der Waals surface area contributed by atoms with E-state index in [-0.39, 0.29) is 64.4 Å². The number of pyridine rings is 2. The number of halogens is 2. The first kappa shape index (κ1) is 51.5. The van der Waals surface area contributed by atoms with E-state index in [1.165, 1.54) is 36.7 Å². The predicted molar refractivity (Wildman–Crippen MR) is 252 cm³/mol. The number of anilines is 2. The molecule has 4 N–H and O–H groups in total. The van der Waals surface area contributed by atoms with Crippen LogP contribution >= 0.6 is 35.0 Å². The van der Waals surface area contributed by atoms with Crippen LogP contribution in [-0.4, -0.2) is 133 Å². The number of amides is 1. The molecule has 20 heteroatoms. The molecular weight excluding hydrogens is 914 g/mol. The van der Waals surface area contributed by atoms with Crippen LogP contribution in [0.4, 0.5) is 11.5 Å². The van der Waals surface area contributed by atoms with Gasteiger partial charge in [-0.2, -0.15) is 0 Å². The first-order valence-corrected chi connectivity index (χ1v) is 24.0. The second kappa shape index (κ2) is 20.8. The Morgan fingerprint density at radius 1 is 1.11 bits per heavy atom. The monoisotopic (exact) mass is 975 g/mol. The average molecular weight is 977 g/mol. The van der Waals surface area contributed by atoms with Gasteiger partial charge in [0.05, 0.1) is 50.9 Å². The summed E-state index contributed by atoms with van der Waals surface area (Å²) in [6.07, 6.45) is 4.46. The fraction of sp³-hybridized carbons (Fsp3) is 0.630. The second-order valence-electron chi connectivity index (χ2n) is 18.5. The number of methoxy groups -OCH3 is 1. The lowest BCUT2D eigenvalue weighted by molar-refractivity contribution is -0.294. The molecule has 1 amide bonds. The number of aromatic nitrogens is 4. The molecule has 6 rings (SSSR count). The van der Waals surface area contributed by atoms with Crippen molar-refractivity contribution in [1.82, 2.24) is 24.4 Å². The number of cyclic esters (lactones) is 1. The number of thioether (sulfide) groups is 1. The van der Waals surface area contributed by atoms with E-state index in [1.807, 2.05) is 53.6 Å². The van der Waals surface area contributed by atoms with Crippen molar-refractivity contribution in [2.75, 3.05) is 38.0 Å². The van der Waals surface area contributed by atoms with Crippen LogP contribution in [0.3, 0.4) is 0 Å². The van der Waals surface area contributed by atoms with Crippen LogP contribution in [0.15, 0.2) is 36.6 Å². The van der Waals surface area contributed by atoms with Gasteiger partial charge >= 0.3 is 11.9 Å². The van der Waals surface area contributed by atoms with Crippen molar-refractivity contribution < 1.29 is 48.0 Å². The minimum atomic E-state index is -1.39. The Balaban J connectivity index is 1.31. The summed E-state index contributed by atoms with van der Waals surface area (Å²) < 4.78 is 33.5. The molecule has 0 radical (unpaired) electrons. The highest BCUT2D eigenvalue weighted by molar-refractivity contribution is 8.00. The van der Waals surface area contributed by atoms with Crippen molar-refractivity contribution in [3.8, 4) is 0 Å². The van der Waals surface area contributed by atoms with Crippen LogP contribution in [0.25, 0.3) is 11.0 Å². The molecule has 3 aromatic rings. The number of aryl methyl sites for hydroxylation is 1. The van der Waals surface area contributed by atoms with Crippen LogP contribution in [0.2, 0.25) is 10.0 Å². The second-order valence-corrected chi connectivity index (χ2v) is 20.6.